The molecule has 7 nitrogen and oxygen atoms in total. The summed E-state index contributed by atoms with van der Waals surface area (Å²) in [4.78, 5) is 27.9. The van der Waals surface area contributed by atoms with Crippen LogP contribution in [0.25, 0.3) is 0 Å². The topological polar surface area (TPSA) is 88.9 Å². The smallest absolute Gasteiger partial charge is 0.251 e. The molecule has 0 bridgehead atoms. The first-order valence-electron chi connectivity index (χ1n) is 8.31. The third-order valence-electron chi connectivity index (χ3n) is 3.79. The average molecular weight is 384 g/mol. The van der Waals surface area contributed by atoms with Crippen molar-refractivity contribution in [2.75, 3.05) is 6.54 Å². The summed E-state index contributed by atoms with van der Waals surface area (Å²) in [6.45, 7) is 0.874. The summed E-state index contributed by atoms with van der Waals surface area (Å²) in [5.74, 6) is -0.616. The first kappa shape index (κ1) is 18.6. The van der Waals surface area contributed by atoms with Gasteiger partial charge in [0.2, 0.25) is 5.91 Å². The average Bonchev–Trinajstić information content (AvgIpc) is 3.18. The molecule has 2 aromatic carbocycles. The summed E-state index contributed by atoms with van der Waals surface area (Å²) in [5.41, 5.74) is 2.43. The van der Waals surface area contributed by atoms with Crippen molar-refractivity contribution in [3.63, 3.8) is 0 Å². The minimum Gasteiger partial charge on any atom is -0.350 e. The number of rotatable bonds is 7. The van der Waals surface area contributed by atoms with Gasteiger partial charge < -0.3 is 10.6 Å². The molecular weight excluding hydrogens is 366 g/mol. The molecule has 3 rings (SSSR count). The number of benzene rings is 2. The van der Waals surface area contributed by atoms with Gasteiger partial charge in [0.25, 0.3) is 5.91 Å². The number of carbonyl (C=O) groups excluding carboxylic acids is 2. The molecule has 0 unspecified atom stereocenters. The predicted octanol–water partition coefficient (Wildman–Crippen LogP) is 2.03. The van der Waals surface area contributed by atoms with Crippen molar-refractivity contribution in [3.05, 3.63) is 82.9 Å². The number of hydrogen-bond donors (Lipinski definition) is 2. The van der Waals surface area contributed by atoms with Crippen LogP contribution in [0.5, 0.6) is 0 Å². The molecule has 0 aliphatic rings. The summed E-state index contributed by atoms with van der Waals surface area (Å²) in [6, 6.07) is 14.4. The van der Waals surface area contributed by atoms with Gasteiger partial charge in [0.05, 0.1) is 13.1 Å². The Morgan fingerprint density at radius 2 is 1.85 bits per heavy atom. The lowest BCUT2D eigenvalue weighted by atomic mass is 10.1. The molecule has 3 aromatic rings. The van der Waals surface area contributed by atoms with Gasteiger partial charge in [0.1, 0.15) is 12.7 Å². The van der Waals surface area contributed by atoms with Gasteiger partial charge in [-0.05, 0) is 29.3 Å². The van der Waals surface area contributed by atoms with Crippen LogP contribution in [-0.2, 0) is 17.9 Å². The highest BCUT2D eigenvalue weighted by Gasteiger charge is 2.08. The van der Waals surface area contributed by atoms with Crippen LogP contribution in [0.15, 0.2) is 61.2 Å². The Kier molecular flexibility index (Phi) is 6.17. The zero-order valence-corrected chi connectivity index (χ0v) is 15.2. The van der Waals surface area contributed by atoms with Gasteiger partial charge in [-0.3, -0.25) is 9.59 Å². The second kappa shape index (κ2) is 8.95. The molecule has 2 amide bonds. The molecule has 8 heteroatoms. The minimum absolute atomic E-state index is 0.107. The first-order valence-corrected chi connectivity index (χ1v) is 8.68. The standard InChI is InChI=1S/C19H18ClN5O2/c20-17-6-2-5-16(8-17)19(27)23-10-18(26)22-9-14-3-1-4-15(7-14)11-25-13-21-12-24-25/h1-8,12-13H,9-11H2,(H,22,26)(H,23,27). The van der Waals surface area contributed by atoms with Crippen molar-refractivity contribution in [1.29, 1.82) is 0 Å². The van der Waals surface area contributed by atoms with Crippen LogP contribution < -0.4 is 10.6 Å². The first-order chi connectivity index (χ1) is 13.1. The highest BCUT2D eigenvalue weighted by molar-refractivity contribution is 6.30. The van der Waals surface area contributed by atoms with Crippen molar-refractivity contribution >= 4 is 23.4 Å². The molecule has 0 atom stereocenters. The maximum Gasteiger partial charge on any atom is 0.251 e. The maximum absolute atomic E-state index is 12.0. The van der Waals surface area contributed by atoms with Crippen LogP contribution in [0.3, 0.4) is 0 Å². The van der Waals surface area contributed by atoms with Gasteiger partial charge in [-0.2, -0.15) is 5.10 Å². The van der Waals surface area contributed by atoms with Gasteiger partial charge in [-0.15, -0.1) is 0 Å². The van der Waals surface area contributed by atoms with Crippen LogP contribution in [0.4, 0.5) is 0 Å². The Balaban J connectivity index is 1.47. The lowest BCUT2D eigenvalue weighted by Gasteiger charge is -2.09. The van der Waals surface area contributed by atoms with Crippen LogP contribution in [0.2, 0.25) is 5.02 Å². The fourth-order valence-corrected chi connectivity index (χ4v) is 2.69. The van der Waals surface area contributed by atoms with E-state index in [1.54, 1.807) is 35.3 Å². The second-order valence-corrected chi connectivity index (χ2v) is 6.32. The lowest BCUT2D eigenvalue weighted by Crippen LogP contribution is -2.36. The molecule has 138 valence electrons. The molecule has 27 heavy (non-hydrogen) atoms. The van der Waals surface area contributed by atoms with Gasteiger partial charge in [-0.25, -0.2) is 9.67 Å². The number of hydrogen-bond acceptors (Lipinski definition) is 4. The third kappa shape index (κ3) is 5.65. The Hall–Kier alpha value is -3.19. The highest BCUT2D eigenvalue weighted by atomic mass is 35.5. The molecule has 0 spiro atoms. The summed E-state index contributed by atoms with van der Waals surface area (Å²) in [6.07, 6.45) is 3.14. The van der Waals surface area contributed by atoms with E-state index in [1.165, 1.54) is 6.33 Å². The maximum atomic E-state index is 12.0. The van der Waals surface area contributed by atoms with E-state index in [-0.39, 0.29) is 18.4 Å². The second-order valence-electron chi connectivity index (χ2n) is 5.88. The third-order valence-corrected chi connectivity index (χ3v) is 4.02. The zero-order valence-electron chi connectivity index (χ0n) is 14.4. The largest absolute Gasteiger partial charge is 0.350 e. The Labute approximate surface area is 161 Å². The molecule has 0 fully saturated rings. The summed E-state index contributed by atoms with van der Waals surface area (Å²) >= 11 is 5.86. The molecule has 2 N–H and O–H groups in total. The van der Waals surface area contributed by atoms with Gasteiger partial charge in [-0.1, -0.05) is 41.9 Å². The lowest BCUT2D eigenvalue weighted by molar-refractivity contribution is -0.120. The van der Waals surface area contributed by atoms with E-state index in [1.807, 2.05) is 24.3 Å². The molecule has 0 radical (unpaired) electrons. The van der Waals surface area contributed by atoms with Gasteiger partial charge >= 0.3 is 0 Å². The van der Waals surface area contributed by atoms with Crippen LogP contribution in [-0.4, -0.2) is 33.1 Å². The van der Waals surface area contributed by atoms with Crippen LogP contribution in [0.1, 0.15) is 21.5 Å². The van der Waals surface area contributed by atoms with Crippen molar-refractivity contribution in [2.24, 2.45) is 0 Å². The van der Waals surface area contributed by atoms with E-state index in [0.717, 1.165) is 11.1 Å². The quantitative estimate of drug-likeness (QED) is 0.653. The van der Waals surface area contributed by atoms with E-state index in [0.29, 0.717) is 23.7 Å². The number of nitrogens with zero attached hydrogens (tertiary/aromatic N) is 3. The van der Waals surface area contributed by atoms with Crippen LogP contribution >= 0.6 is 11.6 Å². The van der Waals surface area contributed by atoms with Crippen molar-refractivity contribution in [3.8, 4) is 0 Å². The SMILES string of the molecule is O=C(CNC(=O)c1cccc(Cl)c1)NCc1cccc(Cn2cncn2)c1. The van der Waals surface area contributed by atoms with E-state index in [9.17, 15) is 9.59 Å². The van der Waals surface area contributed by atoms with E-state index >= 15 is 0 Å². The highest BCUT2D eigenvalue weighted by Crippen LogP contribution is 2.10. The summed E-state index contributed by atoms with van der Waals surface area (Å²) in [7, 11) is 0. The number of aromatic nitrogens is 3. The zero-order chi connectivity index (χ0) is 19.1. The van der Waals surface area contributed by atoms with Crippen molar-refractivity contribution < 1.29 is 9.59 Å². The monoisotopic (exact) mass is 383 g/mol. The number of halogens is 1. The van der Waals surface area contributed by atoms with E-state index in [2.05, 4.69) is 20.7 Å². The van der Waals surface area contributed by atoms with Crippen LogP contribution in [0, 0.1) is 0 Å². The Morgan fingerprint density at radius 3 is 2.63 bits per heavy atom. The molecule has 1 aromatic heterocycles. The number of amides is 2. The van der Waals surface area contributed by atoms with E-state index in [4.69, 9.17) is 11.6 Å². The minimum atomic E-state index is -0.345. The fourth-order valence-electron chi connectivity index (χ4n) is 2.49. The summed E-state index contributed by atoms with van der Waals surface area (Å²) < 4.78 is 1.73. The Morgan fingerprint density at radius 1 is 1.04 bits per heavy atom. The molecule has 0 saturated carbocycles. The molecular formula is C19H18ClN5O2. The van der Waals surface area contributed by atoms with Crippen molar-refractivity contribution in [2.45, 2.75) is 13.1 Å². The number of carbonyl (C=O) groups is 2. The van der Waals surface area contributed by atoms with Crippen molar-refractivity contribution in [1.82, 2.24) is 25.4 Å². The summed E-state index contributed by atoms with van der Waals surface area (Å²) in [5, 5.41) is 9.91. The molecule has 0 aliphatic carbocycles. The molecule has 0 saturated heterocycles. The Bertz CT molecular complexity index is 927. The molecule has 0 aliphatic heterocycles. The van der Waals surface area contributed by atoms with Gasteiger partial charge in [0.15, 0.2) is 0 Å². The van der Waals surface area contributed by atoms with Gasteiger partial charge in [0, 0.05) is 17.1 Å². The fraction of sp³-hybridized carbons (Fsp3) is 0.158. The van der Waals surface area contributed by atoms with E-state index < -0.39 is 0 Å². The molecule has 1 heterocycles. The predicted molar refractivity (Wildman–Crippen MR) is 101 cm³/mol. The number of nitrogens with one attached hydrogen (secondary N) is 2. The normalized spacial score (nSPS) is 10.4.